The van der Waals surface area contributed by atoms with Crippen LogP contribution in [0.4, 0.5) is 0 Å². The first-order valence-electron chi connectivity index (χ1n) is 8.40. The van der Waals surface area contributed by atoms with E-state index in [-0.39, 0.29) is 36.8 Å². The Morgan fingerprint density at radius 2 is 1.83 bits per heavy atom. The molecule has 1 fully saturated rings. The average molecular weight is 376 g/mol. The van der Waals surface area contributed by atoms with Crippen molar-refractivity contribution in [1.29, 1.82) is 0 Å². The van der Waals surface area contributed by atoms with Crippen molar-refractivity contribution in [1.82, 2.24) is 9.80 Å². The number of carbonyl (C=O) groups is 1. The molecule has 0 spiro atoms. The van der Waals surface area contributed by atoms with Crippen molar-refractivity contribution in [3.8, 4) is 0 Å². The van der Waals surface area contributed by atoms with Gasteiger partial charge in [-0.1, -0.05) is 37.3 Å². The number of rotatable bonds is 6. The molecule has 1 saturated heterocycles. The zero-order valence-electron chi connectivity index (χ0n) is 14.7. The van der Waals surface area contributed by atoms with Gasteiger partial charge in [0.15, 0.2) is 0 Å². The van der Waals surface area contributed by atoms with Crippen LogP contribution >= 0.6 is 24.8 Å². The van der Waals surface area contributed by atoms with Crippen molar-refractivity contribution in [2.24, 2.45) is 5.73 Å². The van der Waals surface area contributed by atoms with Gasteiger partial charge in [0, 0.05) is 38.6 Å². The summed E-state index contributed by atoms with van der Waals surface area (Å²) >= 11 is 0. The molecule has 1 unspecified atom stereocenters. The van der Waals surface area contributed by atoms with Crippen LogP contribution in [0.1, 0.15) is 44.2 Å². The van der Waals surface area contributed by atoms with Crippen LogP contribution < -0.4 is 5.73 Å². The summed E-state index contributed by atoms with van der Waals surface area (Å²) in [6.45, 7) is 5.58. The van der Waals surface area contributed by atoms with E-state index in [1.54, 1.807) is 0 Å². The van der Waals surface area contributed by atoms with E-state index in [4.69, 9.17) is 5.73 Å². The van der Waals surface area contributed by atoms with Crippen molar-refractivity contribution in [3.63, 3.8) is 0 Å². The van der Waals surface area contributed by atoms with Crippen LogP contribution in [0.3, 0.4) is 0 Å². The van der Waals surface area contributed by atoms with E-state index in [1.807, 2.05) is 42.3 Å². The SMILES string of the molecule is CCCN1CCC(N(C)C(=O)CC(N)c2ccccc2)CC1.Cl.Cl. The molecule has 1 aromatic rings. The fourth-order valence-electron chi connectivity index (χ4n) is 3.20. The number of hydrogen-bond donors (Lipinski definition) is 1. The lowest BCUT2D eigenvalue weighted by Gasteiger charge is -2.37. The van der Waals surface area contributed by atoms with Crippen LogP contribution in [0.5, 0.6) is 0 Å². The maximum atomic E-state index is 12.5. The van der Waals surface area contributed by atoms with Gasteiger partial charge in [-0.15, -0.1) is 24.8 Å². The van der Waals surface area contributed by atoms with E-state index in [1.165, 1.54) is 13.0 Å². The van der Waals surface area contributed by atoms with E-state index in [2.05, 4.69) is 11.8 Å². The lowest BCUT2D eigenvalue weighted by atomic mass is 10.0. The molecule has 2 N–H and O–H groups in total. The van der Waals surface area contributed by atoms with Crippen LogP contribution in [0.2, 0.25) is 0 Å². The molecule has 0 aromatic heterocycles. The standard InChI is InChI=1S/C18H29N3O.2ClH/c1-3-11-21-12-9-16(10-13-21)20(2)18(22)14-17(19)15-7-5-4-6-8-15;;/h4-8,16-17H,3,9-14,19H2,1-2H3;2*1H. The van der Waals surface area contributed by atoms with E-state index in [9.17, 15) is 4.79 Å². The molecular formula is C18H31Cl2N3O. The van der Waals surface area contributed by atoms with Gasteiger partial charge in [-0.25, -0.2) is 0 Å². The second-order valence-electron chi connectivity index (χ2n) is 6.30. The van der Waals surface area contributed by atoms with Gasteiger partial charge in [-0.05, 0) is 31.4 Å². The first kappa shape index (κ1) is 23.2. The number of likely N-dealkylation sites (tertiary alicyclic amines) is 1. The third-order valence-corrected chi connectivity index (χ3v) is 4.66. The normalized spacial score (nSPS) is 16.6. The highest BCUT2D eigenvalue weighted by atomic mass is 35.5. The van der Waals surface area contributed by atoms with Gasteiger partial charge < -0.3 is 15.5 Å². The maximum absolute atomic E-state index is 12.5. The number of halogens is 2. The largest absolute Gasteiger partial charge is 0.343 e. The molecule has 1 aromatic carbocycles. The number of nitrogens with two attached hydrogens (primary N) is 1. The maximum Gasteiger partial charge on any atom is 0.224 e. The number of piperidine rings is 1. The van der Waals surface area contributed by atoms with Crippen molar-refractivity contribution >= 4 is 30.7 Å². The van der Waals surface area contributed by atoms with Crippen molar-refractivity contribution in [2.75, 3.05) is 26.7 Å². The highest BCUT2D eigenvalue weighted by Gasteiger charge is 2.25. The fraction of sp³-hybridized carbons (Fsp3) is 0.611. The third kappa shape index (κ3) is 6.60. The van der Waals surface area contributed by atoms with E-state index < -0.39 is 0 Å². The van der Waals surface area contributed by atoms with Gasteiger partial charge in [-0.2, -0.15) is 0 Å². The molecule has 1 heterocycles. The minimum atomic E-state index is -0.212. The highest BCUT2D eigenvalue weighted by Crippen LogP contribution is 2.19. The molecule has 0 aliphatic carbocycles. The van der Waals surface area contributed by atoms with Gasteiger partial charge in [-0.3, -0.25) is 4.79 Å². The Morgan fingerprint density at radius 3 is 2.38 bits per heavy atom. The Morgan fingerprint density at radius 1 is 1.25 bits per heavy atom. The summed E-state index contributed by atoms with van der Waals surface area (Å²) in [4.78, 5) is 16.9. The van der Waals surface area contributed by atoms with E-state index >= 15 is 0 Å². The molecule has 138 valence electrons. The predicted octanol–water partition coefficient (Wildman–Crippen LogP) is 3.25. The topological polar surface area (TPSA) is 49.6 Å². The van der Waals surface area contributed by atoms with Gasteiger partial charge in [0.25, 0.3) is 0 Å². The molecule has 1 amide bonds. The Balaban J connectivity index is 0.00000264. The second-order valence-corrected chi connectivity index (χ2v) is 6.30. The Bertz CT molecular complexity index is 465. The molecular weight excluding hydrogens is 345 g/mol. The van der Waals surface area contributed by atoms with E-state index in [0.29, 0.717) is 12.5 Å². The number of amides is 1. The predicted molar refractivity (Wildman–Crippen MR) is 105 cm³/mol. The molecule has 0 saturated carbocycles. The zero-order chi connectivity index (χ0) is 15.9. The molecule has 1 atom stereocenters. The highest BCUT2D eigenvalue weighted by molar-refractivity contribution is 5.85. The first-order valence-corrected chi connectivity index (χ1v) is 8.40. The quantitative estimate of drug-likeness (QED) is 0.829. The van der Waals surface area contributed by atoms with Gasteiger partial charge in [0.05, 0.1) is 0 Å². The van der Waals surface area contributed by atoms with Gasteiger partial charge in [0.1, 0.15) is 0 Å². The number of hydrogen-bond acceptors (Lipinski definition) is 3. The van der Waals surface area contributed by atoms with E-state index in [0.717, 1.165) is 31.5 Å². The number of carbonyl (C=O) groups excluding carboxylic acids is 1. The molecule has 0 bridgehead atoms. The Kier molecular flexibility index (Phi) is 11.3. The van der Waals surface area contributed by atoms with Crippen LogP contribution in [0.25, 0.3) is 0 Å². The van der Waals surface area contributed by atoms with Crippen LogP contribution in [-0.2, 0) is 4.79 Å². The summed E-state index contributed by atoms with van der Waals surface area (Å²) < 4.78 is 0. The lowest BCUT2D eigenvalue weighted by molar-refractivity contribution is -0.133. The smallest absolute Gasteiger partial charge is 0.224 e. The molecule has 6 heteroatoms. The summed E-state index contributed by atoms with van der Waals surface area (Å²) in [5.74, 6) is 0.158. The van der Waals surface area contributed by atoms with Crippen LogP contribution in [0, 0.1) is 0 Å². The summed E-state index contributed by atoms with van der Waals surface area (Å²) in [6, 6.07) is 10.0. The van der Waals surface area contributed by atoms with Crippen molar-refractivity contribution in [3.05, 3.63) is 35.9 Å². The number of benzene rings is 1. The van der Waals surface area contributed by atoms with Gasteiger partial charge >= 0.3 is 0 Å². The zero-order valence-corrected chi connectivity index (χ0v) is 16.3. The van der Waals surface area contributed by atoms with Crippen LogP contribution in [0.15, 0.2) is 30.3 Å². The first-order chi connectivity index (χ1) is 10.6. The molecule has 24 heavy (non-hydrogen) atoms. The monoisotopic (exact) mass is 375 g/mol. The third-order valence-electron chi connectivity index (χ3n) is 4.66. The summed E-state index contributed by atoms with van der Waals surface area (Å²) in [5.41, 5.74) is 7.20. The second kappa shape index (κ2) is 11.7. The fourth-order valence-corrected chi connectivity index (χ4v) is 3.20. The van der Waals surface area contributed by atoms with Crippen molar-refractivity contribution in [2.45, 2.75) is 44.7 Å². The number of nitrogens with zero attached hydrogens (tertiary/aromatic N) is 2. The molecule has 2 rings (SSSR count). The van der Waals surface area contributed by atoms with Gasteiger partial charge in [0.2, 0.25) is 5.91 Å². The summed E-state index contributed by atoms with van der Waals surface area (Å²) in [5, 5.41) is 0. The lowest BCUT2D eigenvalue weighted by Crippen LogP contribution is -2.46. The summed E-state index contributed by atoms with van der Waals surface area (Å²) in [7, 11) is 1.93. The molecule has 1 aliphatic heterocycles. The molecule has 0 radical (unpaired) electrons. The summed E-state index contributed by atoms with van der Waals surface area (Å²) in [6.07, 6.45) is 3.73. The Labute approximate surface area is 158 Å². The molecule has 1 aliphatic rings. The minimum Gasteiger partial charge on any atom is -0.343 e. The molecule has 4 nitrogen and oxygen atoms in total. The van der Waals surface area contributed by atoms with Crippen molar-refractivity contribution < 1.29 is 4.79 Å². The minimum absolute atomic E-state index is 0. The Hall–Kier alpha value is -0.810. The average Bonchev–Trinajstić information content (AvgIpc) is 2.56. The van der Waals surface area contributed by atoms with Crippen LogP contribution in [-0.4, -0.2) is 48.4 Å².